The summed E-state index contributed by atoms with van der Waals surface area (Å²) in [5, 5.41) is 6.16. The van der Waals surface area contributed by atoms with Crippen LogP contribution in [0.1, 0.15) is 28.8 Å². The molecule has 0 radical (unpaired) electrons. The van der Waals surface area contributed by atoms with Gasteiger partial charge in [0.25, 0.3) is 11.8 Å². The lowest BCUT2D eigenvalue weighted by molar-refractivity contribution is -0.120. The van der Waals surface area contributed by atoms with Gasteiger partial charge in [-0.2, -0.15) is 9.41 Å². The van der Waals surface area contributed by atoms with Crippen molar-refractivity contribution in [2.24, 2.45) is 5.10 Å². The van der Waals surface area contributed by atoms with Gasteiger partial charge in [-0.15, -0.1) is 0 Å². The molecule has 1 fully saturated rings. The van der Waals surface area contributed by atoms with Crippen LogP contribution in [0.4, 0.5) is 4.39 Å². The number of amides is 2. The molecule has 2 amide bonds. The Morgan fingerprint density at radius 3 is 2.45 bits per heavy atom. The number of carbonyl (C=O) groups is 2. The third kappa shape index (κ3) is 5.66. The Bertz CT molecular complexity index is 1080. The fraction of sp³-hybridized carbons (Fsp3) is 0.250. The molecule has 8 nitrogen and oxygen atoms in total. The van der Waals surface area contributed by atoms with Crippen molar-refractivity contribution in [1.29, 1.82) is 0 Å². The molecule has 2 aromatic rings. The topological polar surface area (TPSA) is 108 Å². The predicted molar refractivity (Wildman–Crippen MR) is 114 cm³/mol. The van der Waals surface area contributed by atoms with Gasteiger partial charge in [-0.3, -0.25) is 9.59 Å². The highest BCUT2D eigenvalue weighted by molar-refractivity contribution is 7.89. The standard InChI is InChI=1S/C20H20ClFN4O4S/c21-17-4-3-5-18(22)16(17)12-24-25-19(27)13-23-20(28)14-6-8-15(9-7-14)31(29,30)26-10-1-2-11-26/h3-9,12H,1-2,10-11,13H2,(H,23,28)(H,25,27)/b24-12+. The van der Waals surface area contributed by atoms with E-state index in [0.29, 0.717) is 13.1 Å². The van der Waals surface area contributed by atoms with E-state index in [2.05, 4.69) is 15.8 Å². The third-order valence-electron chi connectivity index (χ3n) is 4.61. The SMILES string of the molecule is O=C(CNC(=O)c1ccc(S(=O)(=O)N2CCCC2)cc1)N/N=C/c1c(F)cccc1Cl. The summed E-state index contributed by atoms with van der Waals surface area (Å²) >= 11 is 5.85. The van der Waals surface area contributed by atoms with Crippen molar-refractivity contribution in [3.05, 3.63) is 64.4 Å². The van der Waals surface area contributed by atoms with Gasteiger partial charge >= 0.3 is 0 Å². The Morgan fingerprint density at radius 1 is 1.13 bits per heavy atom. The number of nitrogens with zero attached hydrogens (tertiary/aromatic N) is 2. The van der Waals surface area contributed by atoms with Crippen molar-refractivity contribution in [1.82, 2.24) is 15.0 Å². The minimum absolute atomic E-state index is 0.0254. The van der Waals surface area contributed by atoms with Crippen LogP contribution in [-0.4, -0.2) is 50.4 Å². The second kappa shape index (κ2) is 9.99. The summed E-state index contributed by atoms with van der Waals surface area (Å²) in [6.07, 6.45) is 2.73. The lowest BCUT2D eigenvalue weighted by atomic mass is 10.2. The fourth-order valence-corrected chi connectivity index (χ4v) is 4.69. The molecule has 11 heteroatoms. The van der Waals surface area contributed by atoms with Gasteiger partial charge in [0.1, 0.15) is 5.82 Å². The van der Waals surface area contributed by atoms with Crippen LogP contribution in [-0.2, 0) is 14.8 Å². The number of sulfonamides is 1. The molecule has 0 bridgehead atoms. The van der Waals surface area contributed by atoms with Crippen molar-refractivity contribution in [2.75, 3.05) is 19.6 Å². The number of hydrogen-bond donors (Lipinski definition) is 2. The van der Waals surface area contributed by atoms with Crippen molar-refractivity contribution >= 4 is 39.7 Å². The average Bonchev–Trinajstić information content (AvgIpc) is 3.30. The number of hydrogen-bond acceptors (Lipinski definition) is 5. The Balaban J connectivity index is 1.52. The molecule has 0 unspecified atom stereocenters. The van der Waals surface area contributed by atoms with Gasteiger partial charge in [0.2, 0.25) is 10.0 Å². The van der Waals surface area contributed by atoms with E-state index in [9.17, 15) is 22.4 Å². The van der Waals surface area contributed by atoms with E-state index < -0.39 is 27.7 Å². The molecule has 1 aliphatic rings. The van der Waals surface area contributed by atoms with Crippen LogP contribution in [0.3, 0.4) is 0 Å². The minimum Gasteiger partial charge on any atom is -0.343 e. The smallest absolute Gasteiger partial charge is 0.259 e. The maximum absolute atomic E-state index is 13.6. The Labute approximate surface area is 184 Å². The number of rotatable bonds is 7. The van der Waals surface area contributed by atoms with E-state index in [1.54, 1.807) is 0 Å². The number of benzene rings is 2. The first-order chi connectivity index (χ1) is 14.8. The second-order valence-corrected chi connectivity index (χ2v) is 9.09. The zero-order chi connectivity index (χ0) is 22.4. The summed E-state index contributed by atoms with van der Waals surface area (Å²) in [6.45, 7) is 0.603. The van der Waals surface area contributed by atoms with E-state index in [1.807, 2.05) is 0 Å². The molecule has 0 aliphatic carbocycles. The molecule has 2 N–H and O–H groups in total. The minimum atomic E-state index is -3.56. The first-order valence-electron chi connectivity index (χ1n) is 9.43. The maximum atomic E-state index is 13.6. The molecule has 1 saturated heterocycles. The van der Waals surface area contributed by atoms with E-state index in [0.717, 1.165) is 19.1 Å². The Hall–Kier alpha value is -2.82. The van der Waals surface area contributed by atoms with Gasteiger partial charge in [0.15, 0.2) is 0 Å². The van der Waals surface area contributed by atoms with Crippen LogP contribution in [0.25, 0.3) is 0 Å². The highest BCUT2D eigenvalue weighted by Crippen LogP contribution is 2.21. The number of nitrogens with one attached hydrogen (secondary N) is 2. The van der Waals surface area contributed by atoms with Crippen LogP contribution in [0.15, 0.2) is 52.5 Å². The molecule has 1 aliphatic heterocycles. The summed E-state index contributed by atoms with van der Waals surface area (Å²) in [5.41, 5.74) is 2.39. The van der Waals surface area contributed by atoms with Crippen LogP contribution in [0, 0.1) is 5.82 Å². The average molecular weight is 467 g/mol. The number of hydrazone groups is 1. The van der Waals surface area contributed by atoms with Crippen LogP contribution in [0.5, 0.6) is 0 Å². The molecule has 164 valence electrons. The fourth-order valence-electron chi connectivity index (χ4n) is 2.96. The monoisotopic (exact) mass is 466 g/mol. The molecule has 0 spiro atoms. The van der Waals surface area contributed by atoms with Gasteiger partial charge < -0.3 is 5.32 Å². The quantitative estimate of drug-likeness (QED) is 0.481. The molecule has 1 heterocycles. The molecule has 3 rings (SSSR count). The van der Waals surface area contributed by atoms with Crippen molar-refractivity contribution in [2.45, 2.75) is 17.7 Å². The van der Waals surface area contributed by atoms with E-state index >= 15 is 0 Å². The maximum Gasteiger partial charge on any atom is 0.259 e. The Kier molecular flexibility index (Phi) is 7.37. The van der Waals surface area contributed by atoms with Crippen molar-refractivity contribution < 1.29 is 22.4 Å². The van der Waals surface area contributed by atoms with Gasteiger partial charge in [-0.05, 0) is 49.2 Å². The molecule has 0 saturated carbocycles. The van der Waals surface area contributed by atoms with Crippen LogP contribution in [0.2, 0.25) is 5.02 Å². The normalized spacial score (nSPS) is 14.6. The summed E-state index contributed by atoms with van der Waals surface area (Å²) in [7, 11) is -3.56. The first kappa shape index (κ1) is 22.9. The highest BCUT2D eigenvalue weighted by atomic mass is 35.5. The second-order valence-electron chi connectivity index (χ2n) is 6.75. The lowest BCUT2D eigenvalue weighted by Crippen LogP contribution is -2.35. The highest BCUT2D eigenvalue weighted by Gasteiger charge is 2.27. The first-order valence-corrected chi connectivity index (χ1v) is 11.2. The van der Waals surface area contributed by atoms with Crippen molar-refractivity contribution in [3.63, 3.8) is 0 Å². The molecular weight excluding hydrogens is 447 g/mol. The largest absolute Gasteiger partial charge is 0.343 e. The lowest BCUT2D eigenvalue weighted by Gasteiger charge is -2.15. The molecule has 0 atom stereocenters. The van der Waals surface area contributed by atoms with E-state index in [4.69, 9.17) is 11.6 Å². The van der Waals surface area contributed by atoms with Gasteiger partial charge in [-0.1, -0.05) is 17.7 Å². The van der Waals surface area contributed by atoms with Crippen LogP contribution >= 0.6 is 11.6 Å². The van der Waals surface area contributed by atoms with E-state index in [-0.39, 0.29) is 27.6 Å². The van der Waals surface area contributed by atoms with Gasteiger partial charge in [-0.25, -0.2) is 18.2 Å². The van der Waals surface area contributed by atoms with Crippen molar-refractivity contribution in [3.8, 4) is 0 Å². The number of carbonyl (C=O) groups excluding carboxylic acids is 2. The molecule has 0 aromatic heterocycles. The molecular formula is C20H20ClFN4O4S. The predicted octanol–water partition coefficient (Wildman–Crippen LogP) is 2.14. The van der Waals surface area contributed by atoms with Gasteiger partial charge in [0, 0.05) is 24.2 Å². The van der Waals surface area contributed by atoms with E-state index in [1.165, 1.54) is 46.8 Å². The van der Waals surface area contributed by atoms with Gasteiger partial charge in [0.05, 0.1) is 22.7 Å². The molecule has 31 heavy (non-hydrogen) atoms. The third-order valence-corrected chi connectivity index (χ3v) is 6.85. The summed E-state index contributed by atoms with van der Waals surface area (Å²) in [5.74, 6) is -1.78. The Morgan fingerprint density at radius 2 is 1.81 bits per heavy atom. The molecule has 2 aromatic carbocycles. The van der Waals surface area contributed by atoms with Crippen LogP contribution < -0.4 is 10.7 Å². The zero-order valence-corrected chi connectivity index (χ0v) is 17.9. The number of halogens is 2. The summed E-state index contributed by atoms with van der Waals surface area (Å²) in [6, 6.07) is 9.63. The summed E-state index contributed by atoms with van der Waals surface area (Å²) in [4.78, 5) is 24.1. The summed E-state index contributed by atoms with van der Waals surface area (Å²) < 4.78 is 40.0. The zero-order valence-electron chi connectivity index (χ0n) is 16.3.